The monoisotopic (exact) mass is 290 g/mol. The molecule has 0 spiro atoms. The third-order valence-electron chi connectivity index (χ3n) is 4.89. The zero-order valence-electron chi connectivity index (χ0n) is 13.3. The number of nitrogens with zero attached hydrogens (tertiary/aromatic N) is 1. The molecule has 2 nitrogen and oxygen atoms in total. The van der Waals surface area contributed by atoms with Gasteiger partial charge in [0.25, 0.3) is 0 Å². The number of halogens is 1. The molecule has 1 aliphatic heterocycles. The Bertz CT molecular complexity index is 484. The molecule has 3 heteroatoms. The van der Waals surface area contributed by atoms with Crippen molar-refractivity contribution in [2.45, 2.75) is 58.7 Å². The zero-order chi connectivity index (χ0) is 14.9. The first-order chi connectivity index (χ1) is 10.0. The van der Waals surface area contributed by atoms with Crippen molar-refractivity contribution < 1.29 is 4.39 Å². The van der Waals surface area contributed by atoms with E-state index >= 15 is 0 Å². The maximum atomic E-state index is 14.0. The normalized spacial score (nSPS) is 22.4. The number of piperidine rings is 1. The highest BCUT2D eigenvalue weighted by atomic mass is 19.1. The molecule has 1 heterocycles. The SMILES string of the molecule is CC1(C)CCN(Cc2cc(CNC3CC3)ccc2F)CC1. The third kappa shape index (κ3) is 4.27. The van der Waals surface area contributed by atoms with Crippen LogP contribution in [0.25, 0.3) is 0 Å². The molecule has 0 aromatic heterocycles. The van der Waals surface area contributed by atoms with Gasteiger partial charge in [-0.25, -0.2) is 4.39 Å². The van der Waals surface area contributed by atoms with Gasteiger partial charge in [-0.3, -0.25) is 4.90 Å². The van der Waals surface area contributed by atoms with Crippen LogP contribution in [0.4, 0.5) is 4.39 Å². The molecule has 21 heavy (non-hydrogen) atoms. The van der Waals surface area contributed by atoms with Crippen molar-refractivity contribution in [3.63, 3.8) is 0 Å². The fourth-order valence-corrected chi connectivity index (χ4v) is 2.97. The number of rotatable bonds is 5. The van der Waals surface area contributed by atoms with Crippen LogP contribution in [0.15, 0.2) is 18.2 Å². The molecule has 1 saturated heterocycles. The summed E-state index contributed by atoms with van der Waals surface area (Å²) in [5.41, 5.74) is 2.51. The van der Waals surface area contributed by atoms with Crippen molar-refractivity contribution in [3.8, 4) is 0 Å². The average molecular weight is 290 g/mol. The van der Waals surface area contributed by atoms with Gasteiger partial charge in [0.05, 0.1) is 0 Å². The summed E-state index contributed by atoms with van der Waals surface area (Å²) in [6, 6.07) is 6.29. The third-order valence-corrected chi connectivity index (χ3v) is 4.89. The Morgan fingerprint density at radius 3 is 2.62 bits per heavy atom. The maximum absolute atomic E-state index is 14.0. The van der Waals surface area contributed by atoms with Gasteiger partial charge >= 0.3 is 0 Å². The molecule has 0 atom stereocenters. The quantitative estimate of drug-likeness (QED) is 0.889. The van der Waals surface area contributed by atoms with Crippen LogP contribution in [-0.2, 0) is 13.1 Å². The first kappa shape index (κ1) is 15.0. The number of benzene rings is 1. The molecule has 1 N–H and O–H groups in total. The largest absolute Gasteiger partial charge is 0.310 e. The van der Waals surface area contributed by atoms with Crippen molar-refractivity contribution >= 4 is 0 Å². The molecule has 1 aromatic carbocycles. The molecule has 0 radical (unpaired) electrons. The van der Waals surface area contributed by atoms with Crippen molar-refractivity contribution in [1.29, 1.82) is 0 Å². The highest BCUT2D eigenvalue weighted by Gasteiger charge is 2.25. The lowest BCUT2D eigenvalue weighted by Crippen LogP contribution is -2.37. The molecule has 0 unspecified atom stereocenters. The van der Waals surface area contributed by atoms with Gasteiger partial charge in [-0.2, -0.15) is 0 Å². The van der Waals surface area contributed by atoms with E-state index in [1.165, 1.54) is 31.2 Å². The van der Waals surface area contributed by atoms with Gasteiger partial charge in [0.15, 0.2) is 0 Å². The topological polar surface area (TPSA) is 15.3 Å². The summed E-state index contributed by atoms with van der Waals surface area (Å²) in [5, 5.41) is 3.50. The van der Waals surface area contributed by atoms with Crippen molar-refractivity contribution in [3.05, 3.63) is 35.1 Å². The Labute approximate surface area is 127 Å². The highest BCUT2D eigenvalue weighted by Crippen LogP contribution is 2.30. The van der Waals surface area contributed by atoms with Crippen LogP contribution in [-0.4, -0.2) is 24.0 Å². The molecule has 116 valence electrons. The van der Waals surface area contributed by atoms with Crippen LogP contribution in [0.3, 0.4) is 0 Å². The summed E-state index contributed by atoms with van der Waals surface area (Å²) in [6.07, 6.45) is 4.99. The van der Waals surface area contributed by atoms with E-state index in [4.69, 9.17) is 0 Å². The minimum atomic E-state index is -0.0602. The number of hydrogen-bond donors (Lipinski definition) is 1. The predicted octanol–water partition coefficient (Wildman–Crippen LogP) is 3.70. The fraction of sp³-hybridized carbons (Fsp3) is 0.667. The molecule has 3 rings (SSSR count). The van der Waals surface area contributed by atoms with Crippen LogP contribution in [0.1, 0.15) is 50.7 Å². The van der Waals surface area contributed by atoms with E-state index in [1.807, 2.05) is 12.1 Å². The summed E-state index contributed by atoms with van der Waals surface area (Å²) in [6.45, 7) is 8.43. The first-order valence-electron chi connectivity index (χ1n) is 8.25. The van der Waals surface area contributed by atoms with Crippen LogP contribution >= 0.6 is 0 Å². The average Bonchev–Trinajstić information content (AvgIpc) is 3.26. The first-order valence-corrected chi connectivity index (χ1v) is 8.25. The van der Waals surface area contributed by atoms with Crippen LogP contribution in [0, 0.1) is 11.2 Å². The second kappa shape index (κ2) is 6.05. The van der Waals surface area contributed by atoms with E-state index in [-0.39, 0.29) is 5.82 Å². The van der Waals surface area contributed by atoms with Gasteiger partial charge in [0.1, 0.15) is 5.82 Å². The highest BCUT2D eigenvalue weighted by molar-refractivity contribution is 5.25. The van der Waals surface area contributed by atoms with Crippen molar-refractivity contribution in [2.75, 3.05) is 13.1 Å². The predicted molar refractivity (Wildman–Crippen MR) is 84.6 cm³/mol. The van der Waals surface area contributed by atoms with E-state index in [1.54, 1.807) is 6.07 Å². The smallest absolute Gasteiger partial charge is 0.127 e. The van der Waals surface area contributed by atoms with Crippen molar-refractivity contribution in [2.24, 2.45) is 5.41 Å². The lowest BCUT2D eigenvalue weighted by molar-refractivity contribution is 0.126. The summed E-state index contributed by atoms with van der Waals surface area (Å²) in [4.78, 5) is 2.39. The number of hydrogen-bond acceptors (Lipinski definition) is 2. The Morgan fingerprint density at radius 2 is 1.95 bits per heavy atom. The van der Waals surface area contributed by atoms with E-state index < -0.39 is 0 Å². The molecule has 0 amide bonds. The molecule has 1 saturated carbocycles. The van der Waals surface area contributed by atoms with Crippen LogP contribution in [0.2, 0.25) is 0 Å². The Morgan fingerprint density at radius 1 is 1.24 bits per heavy atom. The summed E-state index contributed by atoms with van der Waals surface area (Å²) >= 11 is 0. The molecule has 2 aliphatic rings. The summed E-state index contributed by atoms with van der Waals surface area (Å²) in [7, 11) is 0. The fourth-order valence-electron chi connectivity index (χ4n) is 2.97. The van der Waals surface area contributed by atoms with E-state index in [0.717, 1.165) is 31.7 Å². The number of nitrogens with one attached hydrogen (secondary N) is 1. The summed E-state index contributed by atoms with van der Waals surface area (Å²) < 4.78 is 14.0. The van der Waals surface area contributed by atoms with Crippen LogP contribution in [0.5, 0.6) is 0 Å². The minimum absolute atomic E-state index is 0.0602. The maximum Gasteiger partial charge on any atom is 0.127 e. The van der Waals surface area contributed by atoms with Gasteiger partial charge in [0, 0.05) is 24.7 Å². The minimum Gasteiger partial charge on any atom is -0.310 e. The molecule has 1 aliphatic carbocycles. The Hall–Kier alpha value is -0.930. The van der Waals surface area contributed by atoms with Crippen molar-refractivity contribution in [1.82, 2.24) is 10.2 Å². The van der Waals surface area contributed by atoms with Gasteiger partial charge in [-0.05, 0) is 55.8 Å². The second-order valence-corrected chi connectivity index (χ2v) is 7.52. The standard InChI is InChI=1S/C18H27FN2/c1-18(2)7-9-21(10-8-18)13-15-11-14(3-6-17(15)19)12-20-16-4-5-16/h3,6,11,16,20H,4-5,7-10,12-13H2,1-2H3. The zero-order valence-corrected chi connectivity index (χ0v) is 13.3. The molecule has 1 aromatic rings. The number of likely N-dealkylation sites (tertiary alicyclic amines) is 1. The molecule has 2 fully saturated rings. The van der Waals surface area contributed by atoms with Gasteiger partial charge < -0.3 is 5.32 Å². The Balaban J connectivity index is 1.59. The lowest BCUT2D eigenvalue weighted by atomic mass is 9.82. The molecular formula is C18H27FN2. The van der Waals surface area contributed by atoms with E-state index in [2.05, 4.69) is 24.1 Å². The van der Waals surface area contributed by atoms with Crippen LogP contribution < -0.4 is 5.32 Å². The summed E-state index contributed by atoms with van der Waals surface area (Å²) in [5.74, 6) is -0.0602. The molecule has 0 bridgehead atoms. The van der Waals surface area contributed by atoms with Gasteiger partial charge in [-0.1, -0.05) is 26.0 Å². The van der Waals surface area contributed by atoms with E-state index in [9.17, 15) is 4.39 Å². The lowest BCUT2D eigenvalue weighted by Gasteiger charge is -2.37. The second-order valence-electron chi connectivity index (χ2n) is 7.52. The Kier molecular flexibility index (Phi) is 4.32. The van der Waals surface area contributed by atoms with Gasteiger partial charge in [-0.15, -0.1) is 0 Å². The molecular weight excluding hydrogens is 263 g/mol. The van der Waals surface area contributed by atoms with Gasteiger partial charge in [0.2, 0.25) is 0 Å². The van der Waals surface area contributed by atoms with E-state index in [0.29, 0.717) is 11.5 Å².